The Hall–Kier alpha value is -1.84. The van der Waals surface area contributed by atoms with Crippen LogP contribution < -0.4 is 5.32 Å². The quantitative estimate of drug-likeness (QED) is 0.878. The van der Waals surface area contributed by atoms with Crippen molar-refractivity contribution in [2.45, 2.75) is 38.1 Å². The number of amides is 1. The number of carboxylic acid groups (broad SMARTS) is 1. The molecule has 2 N–H and O–H groups in total. The highest BCUT2D eigenvalue weighted by Gasteiger charge is 2.46. The first-order valence-electron chi connectivity index (χ1n) is 6.67. The minimum atomic E-state index is -1.12. The average molecular weight is 261 g/mol. The SMILES string of the molecule is CC1CCCCC1(NC(=O)c1ccccc1)C(=O)O. The lowest BCUT2D eigenvalue weighted by atomic mass is 9.73. The van der Waals surface area contributed by atoms with Crippen molar-refractivity contribution in [1.29, 1.82) is 0 Å². The molecule has 4 nitrogen and oxygen atoms in total. The maximum absolute atomic E-state index is 12.2. The van der Waals surface area contributed by atoms with Crippen molar-refractivity contribution >= 4 is 11.9 Å². The second kappa shape index (κ2) is 5.43. The lowest BCUT2D eigenvalue weighted by Gasteiger charge is -2.39. The average Bonchev–Trinajstić information content (AvgIpc) is 2.42. The maximum atomic E-state index is 12.2. The van der Waals surface area contributed by atoms with Crippen LogP contribution in [0.4, 0.5) is 0 Å². The molecular weight excluding hydrogens is 242 g/mol. The summed E-state index contributed by atoms with van der Waals surface area (Å²) >= 11 is 0. The fraction of sp³-hybridized carbons (Fsp3) is 0.467. The number of carboxylic acids is 1. The zero-order valence-corrected chi connectivity index (χ0v) is 11.1. The third-order valence-electron chi connectivity index (χ3n) is 4.05. The summed E-state index contributed by atoms with van der Waals surface area (Å²) in [6.07, 6.45) is 3.20. The van der Waals surface area contributed by atoms with Crippen LogP contribution in [-0.4, -0.2) is 22.5 Å². The zero-order chi connectivity index (χ0) is 13.9. The van der Waals surface area contributed by atoms with Gasteiger partial charge in [-0.2, -0.15) is 0 Å². The van der Waals surface area contributed by atoms with Crippen molar-refractivity contribution in [1.82, 2.24) is 5.32 Å². The molecule has 0 spiro atoms. The molecule has 0 heterocycles. The first-order valence-corrected chi connectivity index (χ1v) is 6.67. The van der Waals surface area contributed by atoms with Crippen molar-refractivity contribution in [2.24, 2.45) is 5.92 Å². The normalized spacial score (nSPS) is 26.7. The smallest absolute Gasteiger partial charge is 0.329 e. The molecule has 19 heavy (non-hydrogen) atoms. The highest BCUT2D eigenvalue weighted by atomic mass is 16.4. The second-order valence-corrected chi connectivity index (χ2v) is 5.24. The molecule has 0 bridgehead atoms. The van der Waals surface area contributed by atoms with E-state index in [2.05, 4.69) is 5.32 Å². The van der Waals surface area contributed by atoms with Crippen LogP contribution in [-0.2, 0) is 4.79 Å². The Bertz CT molecular complexity index is 472. The standard InChI is InChI=1S/C15H19NO3/c1-11-7-5-6-10-15(11,14(18)19)16-13(17)12-8-3-2-4-9-12/h2-4,8-9,11H,5-7,10H2,1H3,(H,16,17)(H,18,19). The Labute approximate surface area is 112 Å². The molecule has 4 heteroatoms. The lowest BCUT2D eigenvalue weighted by Crippen LogP contribution is -2.60. The molecule has 1 fully saturated rings. The molecule has 2 unspecified atom stereocenters. The topological polar surface area (TPSA) is 66.4 Å². The minimum absolute atomic E-state index is 0.0496. The fourth-order valence-electron chi connectivity index (χ4n) is 2.77. The molecule has 0 radical (unpaired) electrons. The van der Waals surface area contributed by atoms with Crippen molar-refractivity contribution in [3.8, 4) is 0 Å². The van der Waals surface area contributed by atoms with Crippen molar-refractivity contribution < 1.29 is 14.7 Å². The molecule has 2 atom stereocenters. The van der Waals surface area contributed by atoms with E-state index in [1.54, 1.807) is 24.3 Å². The van der Waals surface area contributed by atoms with Gasteiger partial charge in [-0.25, -0.2) is 4.79 Å². The first-order chi connectivity index (χ1) is 9.06. The molecule has 1 aliphatic rings. The van der Waals surface area contributed by atoms with E-state index in [0.29, 0.717) is 12.0 Å². The minimum Gasteiger partial charge on any atom is -0.479 e. The Morgan fingerprint density at radius 2 is 1.95 bits per heavy atom. The number of aliphatic carboxylic acids is 1. The van der Waals surface area contributed by atoms with Crippen LogP contribution in [0.1, 0.15) is 43.0 Å². The molecule has 1 amide bonds. The van der Waals surface area contributed by atoms with Crippen molar-refractivity contribution in [3.05, 3.63) is 35.9 Å². The van der Waals surface area contributed by atoms with Gasteiger partial charge >= 0.3 is 5.97 Å². The van der Waals surface area contributed by atoms with E-state index in [9.17, 15) is 14.7 Å². The van der Waals surface area contributed by atoms with E-state index in [4.69, 9.17) is 0 Å². The van der Waals surface area contributed by atoms with Crippen LogP contribution in [0.25, 0.3) is 0 Å². The number of hydrogen-bond acceptors (Lipinski definition) is 2. The van der Waals surface area contributed by atoms with E-state index >= 15 is 0 Å². The molecule has 2 rings (SSSR count). The molecule has 1 aliphatic carbocycles. The van der Waals surface area contributed by atoms with E-state index in [1.165, 1.54) is 0 Å². The third-order valence-corrected chi connectivity index (χ3v) is 4.05. The highest BCUT2D eigenvalue weighted by molar-refractivity contribution is 5.98. The summed E-state index contributed by atoms with van der Waals surface area (Å²) in [5, 5.41) is 12.3. The Morgan fingerprint density at radius 3 is 2.53 bits per heavy atom. The molecular formula is C15H19NO3. The molecule has 1 aromatic rings. The molecule has 102 valence electrons. The van der Waals surface area contributed by atoms with Gasteiger partial charge in [0.25, 0.3) is 5.91 Å². The number of carbonyl (C=O) groups is 2. The van der Waals surface area contributed by atoms with E-state index in [1.807, 2.05) is 13.0 Å². The second-order valence-electron chi connectivity index (χ2n) is 5.24. The fourth-order valence-corrected chi connectivity index (χ4v) is 2.77. The predicted octanol–water partition coefficient (Wildman–Crippen LogP) is 2.45. The van der Waals surface area contributed by atoms with Crippen LogP contribution in [0, 0.1) is 5.92 Å². The van der Waals surface area contributed by atoms with Gasteiger partial charge in [-0.3, -0.25) is 4.79 Å². The molecule has 1 aromatic carbocycles. The van der Waals surface area contributed by atoms with Crippen LogP contribution in [0.2, 0.25) is 0 Å². The van der Waals surface area contributed by atoms with Gasteiger partial charge in [-0.15, -0.1) is 0 Å². The number of rotatable bonds is 3. The Kier molecular flexibility index (Phi) is 3.88. The maximum Gasteiger partial charge on any atom is 0.329 e. The zero-order valence-electron chi connectivity index (χ0n) is 11.1. The van der Waals surface area contributed by atoms with Gasteiger partial charge < -0.3 is 10.4 Å². The van der Waals surface area contributed by atoms with Crippen molar-refractivity contribution in [2.75, 3.05) is 0 Å². The van der Waals surface area contributed by atoms with E-state index < -0.39 is 11.5 Å². The largest absolute Gasteiger partial charge is 0.479 e. The van der Waals surface area contributed by atoms with Crippen LogP contribution in [0.15, 0.2) is 30.3 Å². The molecule has 0 saturated heterocycles. The summed E-state index contributed by atoms with van der Waals surface area (Å²) in [4.78, 5) is 23.8. The molecule has 0 aliphatic heterocycles. The van der Waals surface area contributed by atoms with Gasteiger partial charge in [0.15, 0.2) is 0 Å². The summed E-state index contributed by atoms with van der Waals surface area (Å²) in [5.41, 5.74) is -0.619. The third kappa shape index (κ3) is 2.62. The van der Waals surface area contributed by atoms with E-state index in [-0.39, 0.29) is 11.8 Å². The predicted molar refractivity (Wildman–Crippen MR) is 71.9 cm³/mol. The van der Waals surface area contributed by atoms with Crippen LogP contribution in [0.3, 0.4) is 0 Å². The summed E-state index contributed by atoms with van der Waals surface area (Å²) in [6.45, 7) is 1.90. The Balaban J connectivity index is 2.22. The van der Waals surface area contributed by atoms with Gasteiger partial charge in [-0.05, 0) is 30.9 Å². The highest BCUT2D eigenvalue weighted by Crippen LogP contribution is 2.34. The first kappa shape index (κ1) is 13.6. The summed E-state index contributed by atoms with van der Waals surface area (Å²) in [5.74, 6) is -1.29. The molecule has 1 saturated carbocycles. The number of nitrogens with one attached hydrogen (secondary N) is 1. The Morgan fingerprint density at radius 1 is 1.26 bits per heavy atom. The van der Waals surface area contributed by atoms with Gasteiger partial charge in [0.05, 0.1) is 0 Å². The molecule has 0 aromatic heterocycles. The van der Waals surface area contributed by atoms with Crippen LogP contribution in [0.5, 0.6) is 0 Å². The summed E-state index contributed by atoms with van der Waals surface area (Å²) < 4.78 is 0. The lowest BCUT2D eigenvalue weighted by molar-refractivity contribution is -0.148. The van der Waals surface area contributed by atoms with Crippen LogP contribution >= 0.6 is 0 Å². The monoisotopic (exact) mass is 261 g/mol. The van der Waals surface area contributed by atoms with Gasteiger partial charge in [0.2, 0.25) is 0 Å². The van der Waals surface area contributed by atoms with E-state index in [0.717, 1.165) is 19.3 Å². The number of hydrogen-bond donors (Lipinski definition) is 2. The number of carbonyl (C=O) groups excluding carboxylic acids is 1. The van der Waals surface area contributed by atoms with Gasteiger partial charge in [0, 0.05) is 5.56 Å². The summed E-state index contributed by atoms with van der Waals surface area (Å²) in [7, 11) is 0. The van der Waals surface area contributed by atoms with Crippen molar-refractivity contribution in [3.63, 3.8) is 0 Å². The summed E-state index contributed by atoms with van der Waals surface area (Å²) in [6, 6.07) is 8.75. The van der Waals surface area contributed by atoms with Gasteiger partial charge in [-0.1, -0.05) is 38.0 Å². The number of benzene rings is 1. The van der Waals surface area contributed by atoms with Gasteiger partial charge in [0.1, 0.15) is 5.54 Å².